The van der Waals surface area contributed by atoms with Gasteiger partial charge in [0, 0.05) is 0 Å². The molecule has 0 spiro atoms. The van der Waals surface area contributed by atoms with Crippen molar-refractivity contribution in [3.05, 3.63) is 12.7 Å². The summed E-state index contributed by atoms with van der Waals surface area (Å²) in [5.41, 5.74) is 0. The lowest BCUT2D eigenvalue weighted by Gasteiger charge is -2.38. The topological polar surface area (TPSA) is 92.5 Å². The first-order valence-corrected chi connectivity index (χ1v) is 16.9. The fraction of sp³-hybridized carbons (Fsp3) is 0.818. The maximum absolute atomic E-state index is 12.0. The van der Waals surface area contributed by atoms with Crippen molar-refractivity contribution in [1.82, 2.24) is 14.8 Å². The molecule has 186 valence electrons. The highest BCUT2D eigenvalue weighted by Crippen LogP contribution is 2.38. The molecular weight excluding hydrogens is 442 g/mol. The highest BCUT2D eigenvalue weighted by atomic mass is 28.4. The molecular formula is C22H45N3O5Si2. The van der Waals surface area contributed by atoms with Gasteiger partial charge in [-0.05, 0) is 50.1 Å². The van der Waals surface area contributed by atoms with E-state index in [1.54, 1.807) is 6.92 Å². The van der Waals surface area contributed by atoms with Crippen LogP contribution in [0.15, 0.2) is 12.7 Å². The van der Waals surface area contributed by atoms with Gasteiger partial charge < -0.3 is 13.6 Å². The van der Waals surface area contributed by atoms with Crippen LogP contribution in [0.25, 0.3) is 0 Å². The van der Waals surface area contributed by atoms with E-state index >= 15 is 0 Å². The quantitative estimate of drug-likeness (QED) is 0.383. The molecule has 10 heteroatoms. The fourth-order valence-electron chi connectivity index (χ4n) is 2.12. The Labute approximate surface area is 196 Å². The van der Waals surface area contributed by atoms with Crippen LogP contribution in [0.4, 0.5) is 0 Å². The largest absolute Gasteiger partial charge is 0.467 e. The third kappa shape index (κ3) is 9.64. The normalized spacial score (nSPS) is 14.8. The van der Waals surface area contributed by atoms with Gasteiger partial charge >= 0.3 is 5.97 Å². The predicted molar refractivity (Wildman–Crippen MR) is 133 cm³/mol. The first-order chi connectivity index (χ1) is 14.2. The van der Waals surface area contributed by atoms with Crippen LogP contribution in [0.2, 0.25) is 36.3 Å². The van der Waals surface area contributed by atoms with Crippen LogP contribution in [0.3, 0.4) is 0 Å². The zero-order chi connectivity index (χ0) is 25.5. The van der Waals surface area contributed by atoms with Crippen molar-refractivity contribution >= 4 is 28.4 Å². The SMILES string of the molecule is COC(=O)[C@@H](C)O[Si](C)(C)C(C)(C)C.C[C@@H](O[Si](C)(C)C(C)(C)C)C(=O)Cn1cncn1. The summed E-state index contributed by atoms with van der Waals surface area (Å²) in [4.78, 5) is 27.0. The number of rotatable bonds is 8. The number of aromatic nitrogens is 3. The number of hydrogen-bond donors (Lipinski definition) is 0. The van der Waals surface area contributed by atoms with Crippen LogP contribution >= 0.6 is 0 Å². The lowest BCUT2D eigenvalue weighted by molar-refractivity contribution is -0.148. The standard InChI is InChI=1S/C12H23N3O2Si.C10H22O3Si/c1-10(17-18(5,6)12(2,3)4)11(16)7-15-9-13-8-14-15;1-8(9(11)12-5)13-14(6,7)10(2,3)4/h8-10H,7H2,1-6H3;8H,1-7H3/t10-;8-/m11/s1. The maximum Gasteiger partial charge on any atom is 0.333 e. The predicted octanol–water partition coefficient (Wildman–Crippen LogP) is 4.83. The Morgan fingerprint density at radius 2 is 1.34 bits per heavy atom. The smallest absolute Gasteiger partial charge is 0.333 e. The fourth-order valence-corrected chi connectivity index (χ4v) is 4.82. The molecule has 0 aliphatic rings. The van der Waals surface area contributed by atoms with Gasteiger partial charge in [0.1, 0.15) is 31.4 Å². The third-order valence-electron chi connectivity index (χ3n) is 6.33. The lowest BCUT2D eigenvalue weighted by atomic mass is 10.2. The monoisotopic (exact) mass is 487 g/mol. The molecule has 0 saturated carbocycles. The second-order valence-electron chi connectivity index (χ2n) is 11.1. The van der Waals surface area contributed by atoms with Crippen LogP contribution in [0.1, 0.15) is 55.4 Å². The molecule has 0 radical (unpaired) electrons. The average Bonchev–Trinajstić information content (AvgIpc) is 3.11. The van der Waals surface area contributed by atoms with Crippen LogP contribution in [-0.2, 0) is 29.7 Å². The molecule has 0 unspecified atom stereocenters. The number of nitrogens with zero attached hydrogens (tertiary/aromatic N) is 3. The van der Waals surface area contributed by atoms with Gasteiger partial charge in [0.25, 0.3) is 0 Å². The minimum Gasteiger partial charge on any atom is -0.467 e. The second kappa shape index (κ2) is 11.7. The molecule has 1 rings (SSSR count). The highest BCUT2D eigenvalue weighted by molar-refractivity contribution is 6.74. The van der Waals surface area contributed by atoms with Crippen molar-refractivity contribution in [1.29, 1.82) is 0 Å². The Morgan fingerprint density at radius 1 is 0.906 bits per heavy atom. The van der Waals surface area contributed by atoms with Crippen LogP contribution < -0.4 is 0 Å². The molecule has 32 heavy (non-hydrogen) atoms. The van der Waals surface area contributed by atoms with Crippen LogP contribution in [0.5, 0.6) is 0 Å². The molecule has 8 nitrogen and oxygen atoms in total. The molecule has 1 heterocycles. The van der Waals surface area contributed by atoms with Gasteiger partial charge in [-0.1, -0.05) is 41.5 Å². The molecule has 1 aromatic heterocycles. The van der Waals surface area contributed by atoms with E-state index in [0.29, 0.717) is 0 Å². The lowest BCUT2D eigenvalue weighted by Crippen LogP contribution is -2.45. The number of carbonyl (C=O) groups excluding carboxylic acids is 2. The number of methoxy groups -OCH3 is 1. The van der Waals surface area contributed by atoms with E-state index in [2.05, 4.69) is 82.5 Å². The van der Waals surface area contributed by atoms with Crippen molar-refractivity contribution in [2.75, 3.05) is 7.11 Å². The van der Waals surface area contributed by atoms with Gasteiger partial charge in [-0.15, -0.1) is 0 Å². The van der Waals surface area contributed by atoms with Gasteiger partial charge in [0.05, 0.1) is 7.11 Å². The number of ether oxygens (including phenoxy) is 1. The highest BCUT2D eigenvalue weighted by Gasteiger charge is 2.40. The number of carbonyl (C=O) groups is 2. The van der Waals surface area contributed by atoms with E-state index in [0.717, 1.165) is 0 Å². The molecule has 0 aromatic carbocycles. The van der Waals surface area contributed by atoms with E-state index in [1.807, 2.05) is 6.92 Å². The Kier molecular flexibility index (Phi) is 11.2. The number of Topliss-reactive ketones (excluding diaryl/α,β-unsaturated/α-hetero) is 1. The number of ketones is 1. The molecule has 0 aliphatic heterocycles. The summed E-state index contributed by atoms with van der Waals surface area (Å²) < 4.78 is 18.0. The van der Waals surface area contributed by atoms with E-state index < -0.39 is 28.8 Å². The maximum atomic E-state index is 12.0. The summed E-state index contributed by atoms with van der Waals surface area (Å²) in [5.74, 6) is -0.264. The van der Waals surface area contributed by atoms with E-state index in [9.17, 15) is 9.59 Å². The van der Waals surface area contributed by atoms with E-state index in [1.165, 1.54) is 24.4 Å². The average molecular weight is 488 g/mol. The van der Waals surface area contributed by atoms with Crippen molar-refractivity contribution < 1.29 is 23.2 Å². The van der Waals surface area contributed by atoms with E-state index in [-0.39, 0.29) is 28.4 Å². The second-order valence-corrected chi connectivity index (χ2v) is 20.6. The van der Waals surface area contributed by atoms with Crippen molar-refractivity contribution in [3.63, 3.8) is 0 Å². The molecule has 0 bridgehead atoms. The minimum absolute atomic E-state index is 0.0327. The van der Waals surface area contributed by atoms with Gasteiger partial charge in [-0.3, -0.25) is 4.79 Å². The molecule has 0 amide bonds. The molecule has 0 fully saturated rings. The summed E-state index contributed by atoms with van der Waals surface area (Å²) in [6, 6.07) is 0. The van der Waals surface area contributed by atoms with Gasteiger partial charge in [0.2, 0.25) is 0 Å². The number of esters is 1. The summed E-state index contributed by atoms with van der Waals surface area (Å²) in [6.45, 7) is 25.2. The summed E-state index contributed by atoms with van der Waals surface area (Å²) in [5, 5.41) is 4.15. The Hall–Kier alpha value is -1.37. The Bertz CT molecular complexity index is 723. The summed E-state index contributed by atoms with van der Waals surface area (Å²) >= 11 is 0. The molecule has 2 atom stereocenters. The van der Waals surface area contributed by atoms with Crippen LogP contribution in [0, 0.1) is 0 Å². The molecule has 0 N–H and O–H groups in total. The third-order valence-corrected chi connectivity index (χ3v) is 15.4. The Balaban J connectivity index is 0.000000622. The van der Waals surface area contributed by atoms with E-state index in [4.69, 9.17) is 8.85 Å². The van der Waals surface area contributed by atoms with Gasteiger partial charge in [-0.2, -0.15) is 5.10 Å². The zero-order valence-electron chi connectivity index (χ0n) is 22.4. The minimum atomic E-state index is -1.90. The first kappa shape index (κ1) is 30.6. The summed E-state index contributed by atoms with van der Waals surface area (Å²) in [6.07, 6.45) is 2.11. The van der Waals surface area contributed by atoms with Gasteiger partial charge in [-0.25, -0.2) is 14.5 Å². The zero-order valence-corrected chi connectivity index (χ0v) is 24.4. The molecule has 0 aliphatic carbocycles. The van der Waals surface area contributed by atoms with Crippen LogP contribution in [-0.4, -0.2) is 62.5 Å². The van der Waals surface area contributed by atoms with Crippen molar-refractivity contribution in [2.24, 2.45) is 0 Å². The summed E-state index contributed by atoms with van der Waals surface area (Å²) in [7, 11) is -2.36. The first-order valence-electron chi connectivity index (χ1n) is 11.0. The number of hydrogen-bond acceptors (Lipinski definition) is 7. The van der Waals surface area contributed by atoms with Gasteiger partial charge in [0.15, 0.2) is 22.4 Å². The van der Waals surface area contributed by atoms with Crippen molar-refractivity contribution in [3.8, 4) is 0 Å². The molecule has 1 aromatic rings. The molecule has 0 saturated heterocycles. The Morgan fingerprint density at radius 3 is 1.69 bits per heavy atom. The van der Waals surface area contributed by atoms with Crippen molar-refractivity contribution in [2.45, 2.75) is 110 Å².